The first-order valence-electron chi connectivity index (χ1n) is 9.05. The third-order valence-electron chi connectivity index (χ3n) is 4.35. The van der Waals surface area contributed by atoms with E-state index in [1.165, 1.54) is 24.4 Å². The summed E-state index contributed by atoms with van der Waals surface area (Å²) in [6.07, 6.45) is 1.51. The number of nitrogens with one attached hydrogen (secondary N) is 3. The first-order chi connectivity index (χ1) is 15.0. The number of hydrazine groups is 1. The largest absolute Gasteiger partial charge is 0.288 e. The molecule has 2 heterocycles. The summed E-state index contributed by atoms with van der Waals surface area (Å²) in [6.45, 7) is 0. The summed E-state index contributed by atoms with van der Waals surface area (Å²) in [5, 5.41) is 3.12. The molecule has 0 saturated carbocycles. The lowest BCUT2D eigenvalue weighted by molar-refractivity contribution is 0.0845. The smallest absolute Gasteiger partial charge is 0.278 e. The van der Waals surface area contributed by atoms with Crippen LogP contribution in [0.5, 0.6) is 0 Å². The van der Waals surface area contributed by atoms with Crippen LogP contribution >= 0.6 is 11.3 Å². The minimum absolute atomic E-state index is 0.0498. The van der Waals surface area contributed by atoms with Gasteiger partial charge in [-0.05, 0) is 35.0 Å². The fraction of sp³-hybridized carbons (Fsp3) is 0. The standard InChI is InChI=1S/C21H16N4O4S2/c26-20(23-24-21(27)19-15-7-2-1-6-14(15)11-12-22-19)16-8-3-4-9-17(16)25-31(28,29)18-10-5-13-30-18/h1-13,25H,(H,23,26)(H,24,27). The van der Waals surface area contributed by atoms with Gasteiger partial charge in [-0.3, -0.25) is 30.1 Å². The molecule has 0 aliphatic rings. The number of thiophene rings is 1. The maximum Gasteiger partial charge on any atom is 0.288 e. The highest BCUT2D eigenvalue weighted by Gasteiger charge is 2.20. The molecule has 0 saturated heterocycles. The lowest BCUT2D eigenvalue weighted by Gasteiger charge is -2.13. The van der Waals surface area contributed by atoms with Crippen molar-refractivity contribution >= 4 is 49.6 Å². The van der Waals surface area contributed by atoms with E-state index < -0.39 is 21.8 Å². The highest BCUT2D eigenvalue weighted by molar-refractivity contribution is 7.94. The van der Waals surface area contributed by atoms with Crippen molar-refractivity contribution in [2.45, 2.75) is 4.21 Å². The highest BCUT2D eigenvalue weighted by Crippen LogP contribution is 2.23. The number of sulfonamides is 1. The monoisotopic (exact) mass is 452 g/mol. The van der Waals surface area contributed by atoms with Gasteiger partial charge in [-0.15, -0.1) is 11.3 Å². The number of benzene rings is 2. The van der Waals surface area contributed by atoms with Gasteiger partial charge in [0.15, 0.2) is 0 Å². The summed E-state index contributed by atoms with van der Waals surface area (Å²) in [5.74, 6) is -1.28. The second kappa shape index (κ2) is 8.54. The third kappa shape index (κ3) is 4.39. The first kappa shape index (κ1) is 20.5. The molecule has 3 N–H and O–H groups in total. The minimum Gasteiger partial charge on any atom is -0.278 e. The number of fused-ring (bicyclic) bond motifs is 1. The molecule has 2 aromatic heterocycles. The molecule has 10 heteroatoms. The Kier molecular flexibility index (Phi) is 5.65. The van der Waals surface area contributed by atoms with Gasteiger partial charge in [0, 0.05) is 11.6 Å². The minimum atomic E-state index is -3.83. The van der Waals surface area contributed by atoms with Gasteiger partial charge < -0.3 is 0 Å². The Balaban J connectivity index is 1.51. The van der Waals surface area contributed by atoms with Crippen LogP contribution in [0, 0.1) is 0 Å². The molecular weight excluding hydrogens is 436 g/mol. The Morgan fingerprint density at radius 2 is 1.58 bits per heavy atom. The fourth-order valence-corrected chi connectivity index (χ4v) is 4.99. The van der Waals surface area contributed by atoms with E-state index in [4.69, 9.17) is 0 Å². The van der Waals surface area contributed by atoms with Crippen LogP contribution in [-0.4, -0.2) is 25.2 Å². The first-order valence-corrected chi connectivity index (χ1v) is 11.4. The van der Waals surface area contributed by atoms with Crippen LogP contribution in [-0.2, 0) is 10.0 Å². The van der Waals surface area contributed by atoms with Gasteiger partial charge in [-0.25, -0.2) is 8.42 Å². The Bertz CT molecular complexity index is 1360. The average Bonchev–Trinajstić information content (AvgIpc) is 3.33. The highest BCUT2D eigenvalue weighted by atomic mass is 32.2. The Morgan fingerprint density at radius 1 is 0.839 bits per heavy atom. The van der Waals surface area contributed by atoms with Crippen LogP contribution in [0.2, 0.25) is 0 Å². The molecule has 8 nitrogen and oxygen atoms in total. The van der Waals surface area contributed by atoms with Crippen molar-refractivity contribution in [1.82, 2.24) is 15.8 Å². The lowest BCUT2D eigenvalue weighted by atomic mass is 10.1. The van der Waals surface area contributed by atoms with E-state index in [0.29, 0.717) is 5.39 Å². The van der Waals surface area contributed by atoms with Crippen molar-refractivity contribution in [3.05, 3.63) is 89.6 Å². The van der Waals surface area contributed by atoms with Gasteiger partial charge in [0.1, 0.15) is 9.90 Å². The maximum atomic E-state index is 12.7. The van der Waals surface area contributed by atoms with Crippen molar-refractivity contribution in [3.8, 4) is 0 Å². The number of nitrogens with zero attached hydrogens (tertiary/aromatic N) is 1. The quantitative estimate of drug-likeness (QED) is 0.402. The average molecular weight is 453 g/mol. The molecule has 0 atom stereocenters. The number of amides is 2. The summed E-state index contributed by atoms with van der Waals surface area (Å²) < 4.78 is 27.5. The molecule has 0 aliphatic carbocycles. The molecule has 31 heavy (non-hydrogen) atoms. The number of hydrogen-bond acceptors (Lipinski definition) is 6. The van der Waals surface area contributed by atoms with Crippen LogP contribution in [0.4, 0.5) is 5.69 Å². The molecule has 0 fully saturated rings. The molecule has 0 unspecified atom stereocenters. The second-order valence-electron chi connectivity index (χ2n) is 6.37. The third-order valence-corrected chi connectivity index (χ3v) is 7.12. The topological polar surface area (TPSA) is 117 Å². The second-order valence-corrected chi connectivity index (χ2v) is 9.23. The number of carbonyl (C=O) groups excluding carboxylic acids is 2. The van der Waals surface area contributed by atoms with Gasteiger partial charge in [0.05, 0.1) is 11.3 Å². The molecule has 0 aliphatic heterocycles. The van der Waals surface area contributed by atoms with Crippen LogP contribution in [0.3, 0.4) is 0 Å². The number of aromatic nitrogens is 1. The number of para-hydroxylation sites is 1. The van der Waals surface area contributed by atoms with E-state index in [0.717, 1.165) is 16.7 Å². The molecule has 156 valence electrons. The van der Waals surface area contributed by atoms with Crippen molar-refractivity contribution in [1.29, 1.82) is 0 Å². The van der Waals surface area contributed by atoms with Crippen molar-refractivity contribution < 1.29 is 18.0 Å². The maximum absolute atomic E-state index is 12.7. The Labute approximate surface area is 182 Å². The predicted octanol–water partition coefficient (Wildman–Crippen LogP) is 3.17. The van der Waals surface area contributed by atoms with Crippen LogP contribution < -0.4 is 15.6 Å². The zero-order valence-electron chi connectivity index (χ0n) is 15.9. The summed E-state index contributed by atoms with van der Waals surface area (Å²) in [5.41, 5.74) is 4.94. The Morgan fingerprint density at radius 3 is 2.39 bits per heavy atom. The van der Waals surface area contributed by atoms with Crippen molar-refractivity contribution in [2.75, 3.05) is 4.72 Å². The number of anilines is 1. The van der Waals surface area contributed by atoms with Crippen molar-refractivity contribution in [2.24, 2.45) is 0 Å². The van der Waals surface area contributed by atoms with E-state index in [-0.39, 0.29) is 21.2 Å². The van der Waals surface area contributed by atoms with Gasteiger partial charge in [0.25, 0.3) is 21.8 Å². The van der Waals surface area contributed by atoms with E-state index in [2.05, 4.69) is 20.6 Å². The van der Waals surface area contributed by atoms with E-state index in [9.17, 15) is 18.0 Å². The summed E-state index contributed by atoms with van der Waals surface area (Å²) in [6, 6.07) is 18.2. The molecular formula is C21H16N4O4S2. The van der Waals surface area contributed by atoms with Crippen LogP contribution in [0.15, 0.2) is 82.5 Å². The lowest BCUT2D eigenvalue weighted by Crippen LogP contribution is -2.42. The molecule has 4 rings (SSSR count). The van der Waals surface area contributed by atoms with E-state index in [1.54, 1.807) is 41.8 Å². The molecule has 2 aromatic carbocycles. The molecule has 4 aromatic rings. The number of hydrogen-bond donors (Lipinski definition) is 3. The number of carbonyl (C=O) groups is 2. The van der Waals surface area contributed by atoms with Gasteiger partial charge in [-0.1, -0.05) is 42.5 Å². The number of pyridine rings is 1. The Hall–Kier alpha value is -3.76. The molecule has 0 radical (unpaired) electrons. The molecule has 2 amide bonds. The zero-order valence-corrected chi connectivity index (χ0v) is 17.5. The molecule has 0 spiro atoms. The summed E-state index contributed by atoms with van der Waals surface area (Å²) in [7, 11) is -3.83. The van der Waals surface area contributed by atoms with E-state index >= 15 is 0 Å². The van der Waals surface area contributed by atoms with Gasteiger partial charge in [0.2, 0.25) is 0 Å². The fourth-order valence-electron chi connectivity index (χ4n) is 2.92. The van der Waals surface area contributed by atoms with E-state index in [1.807, 2.05) is 12.1 Å². The van der Waals surface area contributed by atoms with Crippen LogP contribution in [0.25, 0.3) is 10.8 Å². The predicted molar refractivity (Wildman–Crippen MR) is 118 cm³/mol. The summed E-state index contributed by atoms with van der Waals surface area (Å²) in [4.78, 5) is 29.3. The van der Waals surface area contributed by atoms with Gasteiger partial charge in [-0.2, -0.15) is 0 Å². The normalized spacial score (nSPS) is 11.1. The SMILES string of the molecule is O=C(NNC(=O)c1nccc2ccccc12)c1ccccc1NS(=O)(=O)c1cccs1. The molecule has 0 bridgehead atoms. The zero-order chi connectivity index (χ0) is 21.8. The van der Waals surface area contributed by atoms with Crippen LogP contribution in [0.1, 0.15) is 20.8 Å². The van der Waals surface area contributed by atoms with Crippen molar-refractivity contribution in [3.63, 3.8) is 0 Å². The van der Waals surface area contributed by atoms with Gasteiger partial charge >= 0.3 is 0 Å². The summed E-state index contributed by atoms with van der Waals surface area (Å²) >= 11 is 1.06. The number of rotatable bonds is 5.